The Labute approximate surface area is 52.5 Å². The topological polar surface area (TPSA) is 9.23 Å². The summed E-state index contributed by atoms with van der Waals surface area (Å²) in [6.07, 6.45) is 2.29. The molecule has 0 atom stereocenters. The summed E-state index contributed by atoms with van der Waals surface area (Å²) in [4.78, 5) is 0. The Balaban J connectivity index is 3.07. The molecule has 0 rings (SSSR count). The molecule has 0 aromatic carbocycles. The van der Waals surface area contributed by atoms with Crippen molar-refractivity contribution in [1.82, 2.24) is 0 Å². The third-order valence-electron chi connectivity index (χ3n) is 1.31. The predicted molar refractivity (Wildman–Crippen MR) is 38.3 cm³/mol. The molecule has 0 fully saturated rings. The molecule has 0 aliphatic rings. The van der Waals surface area contributed by atoms with Gasteiger partial charge in [-0.1, -0.05) is 26.5 Å². The normalized spacial score (nSPS) is 9.38. The molecule has 48 valence electrons. The molecule has 0 N–H and O–H groups in total. The molecule has 0 saturated carbocycles. The highest BCUT2D eigenvalue weighted by Gasteiger charge is 2.06. The quantitative estimate of drug-likeness (QED) is 0.508. The SMILES string of the molecule is CCOB(CC)CC. The van der Waals surface area contributed by atoms with E-state index in [1.807, 2.05) is 6.92 Å². The van der Waals surface area contributed by atoms with E-state index >= 15 is 0 Å². The summed E-state index contributed by atoms with van der Waals surface area (Å²) in [6, 6.07) is 0. The fraction of sp³-hybridized carbons (Fsp3) is 1.00. The van der Waals surface area contributed by atoms with Crippen molar-refractivity contribution in [3.8, 4) is 0 Å². The Morgan fingerprint density at radius 3 is 1.75 bits per heavy atom. The molecule has 0 bridgehead atoms. The molecule has 0 aliphatic carbocycles. The lowest BCUT2D eigenvalue weighted by Crippen LogP contribution is -2.14. The van der Waals surface area contributed by atoms with E-state index in [0.717, 1.165) is 19.2 Å². The van der Waals surface area contributed by atoms with Gasteiger partial charge in [-0.3, -0.25) is 0 Å². The van der Waals surface area contributed by atoms with Crippen molar-refractivity contribution in [2.75, 3.05) is 6.61 Å². The highest BCUT2D eigenvalue weighted by molar-refractivity contribution is 6.51. The molecule has 8 heavy (non-hydrogen) atoms. The fourth-order valence-corrected chi connectivity index (χ4v) is 0.760. The standard InChI is InChI=1S/C6H15BO/c1-4-7(5-2)8-6-3/h4-6H2,1-3H3. The van der Waals surface area contributed by atoms with E-state index in [0.29, 0.717) is 6.92 Å². The first-order valence-corrected chi connectivity index (χ1v) is 3.46. The van der Waals surface area contributed by atoms with Crippen LogP contribution < -0.4 is 0 Å². The molecular weight excluding hydrogens is 98.9 g/mol. The van der Waals surface area contributed by atoms with Crippen molar-refractivity contribution in [3.05, 3.63) is 0 Å². The first kappa shape index (κ1) is 8.02. The van der Waals surface area contributed by atoms with E-state index in [4.69, 9.17) is 4.65 Å². The molecule has 0 radical (unpaired) electrons. The average molecular weight is 114 g/mol. The molecule has 0 heterocycles. The minimum Gasteiger partial charge on any atom is -0.436 e. The van der Waals surface area contributed by atoms with Crippen LogP contribution in [0.5, 0.6) is 0 Å². The van der Waals surface area contributed by atoms with Crippen LogP contribution in [0, 0.1) is 0 Å². The molecule has 0 aliphatic heterocycles. The van der Waals surface area contributed by atoms with Gasteiger partial charge in [0.1, 0.15) is 0 Å². The van der Waals surface area contributed by atoms with E-state index in [1.54, 1.807) is 0 Å². The summed E-state index contributed by atoms with van der Waals surface area (Å²) < 4.78 is 5.34. The van der Waals surface area contributed by atoms with Crippen molar-refractivity contribution < 1.29 is 4.65 Å². The Morgan fingerprint density at radius 2 is 1.62 bits per heavy atom. The number of hydrogen-bond donors (Lipinski definition) is 0. The van der Waals surface area contributed by atoms with Gasteiger partial charge in [0.05, 0.1) is 0 Å². The third kappa shape index (κ3) is 3.08. The molecule has 0 amide bonds. The molecule has 2 heteroatoms. The maximum Gasteiger partial charge on any atom is 0.292 e. The molecule has 0 unspecified atom stereocenters. The molecule has 0 spiro atoms. The van der Waals surface area contributed by atoms with E-state index in [-0.39, 0.29) is 0 Å². The summed E-state index contributed by atoms with van der Waals surface area (Å²) in [6.45, 7) is 7.71. The zero-order valence-electron chi connectivity index (χ0n) is 6.11. The Morgan fingerprint density at radius 1 is 1.12 bits per heavy atom. The van der Waals surface area contributed by atoms with Crippen molar-refractivity contribution in [2.45, 2.75) is 33.4 Å². The second kappa shape index (κ2) is 5.17. The van der Waals surface area contributed by atoms with Gasteiger partial charge in [-0.25, -0.2) is 0 Å². The van der Waals surface area contributed by atoms with Crippen molar-refractivity contribution in [3.63, 3.8) is 0 Å². The van der Waals surface area contributed by atoms with Crippen LogP contribution >= 0.6 is 0 Å². The first-order valence-electron chi connectivity index (χ1n) is 3.46. The maximum absolute atomic E-state index is 5.34. The second-order valence-electron chi connectivity index (χ2n) is 1.89. The Kier molecular flexibility index (Phi) is 5.18. The minimum atomic E-state index is 0.500. The van der Waals surface area contributed by atoms with Gasteiger partial charge in [-0.2, -0.15) is 0 Å². The van der Waals surface area contributed by atoms with Crippen molar-refractivity contribution in [1.29, 1.82) is 0 Å². The van der Waals surface area contributed by atoms with E-state index in [2.05, 4.69) is 13.8 Å². The van der Waals surface area contributed by atoms with E-state index in [1.165, 1.54) is 0 Å². The summed E-state index contributed by atoms with van der Waals surface area (Å²) in [5, 5.41) is 0. The summed E-state index contributed by atoms with van der Waals surface area (Å²) in [5.74, 6) is 0. The van der Waals surface area contributed by atoms with Crippen LogP contribution in [0.25, 0.3) is 0 Å². The van der Waals surface area contributed by atoms with Gasteiger partial charge in [0.25, 0.3) is 6.92 Å². The van der Waals surface area contributed by atoms with Crippen LogP contribution in [0.3, 0.4) is 0 Å². The second-order valence-corrected chi connectivity index (χ2v) is 1.89. The Hall–Kier alpha value is 0.0249. The third-order valence-corrected chi connectivity index (χ3v) is 1.31. The zero-order chi connectivity index (χ0) is 6.41. The monoisotopic (exact) mass is 114 g/mol. The summed E-state index contributed by atoms with van der Waals surface area (Å²) >= 11 is 0. The molecule has 0 aromatic rings. The molecule has 0 saturated heterocycles. The predicted octanol–water partition coefficient (Wildman–Crippen LogP) is 2.05. The lowest BCUT2D eigenvalue weighted by atomic mass is 9.63. The smallest absolute Gasteiger partial charge is 0.292 e. The number of hydrogen-bond acceptors (Lipinski definition) is 1. The van der Waals surface area contributed by atoms with Crippen LogP contribution in [0.2, 0.25) is 12.6 Å². The zero-order valence-corrected chi connectivity index (χ0v) is 6.11. The van der Waals surface area contributed by atoms with Gasteiger partial charge in [-0.05, 0) is 6.92 Å². The van der Waals surface area contributed by atoms with Crippen LogP contribution in [-0.4, -0.2) is 13.5 Å². The van der Waals surface area contributed by atoms with Crippen molar-refractivity contribution in [2.24, 2.45) is 0 Å². The van der Waals surface area contributed by atoms with Gasteiger partial charge < -0.3 is 4.65 Å². The highest BCUT2D eigenvalue weighted by Crippen LogP contribution is 1.98. The maximum atomic E-state index is 5.34. The average Bonchev–Trinajstić information content (AvgIpc) is 1.83. The molecule has 1 nitrogen and oxygen atoms in total. The highest BCUT2D eigenvalue weighted by atomic mass is 16.4. The van der Waals surface area contributed by atoms with Gasteiger partial charge in [-0.15, -0.1) is 0 Å². The largest absolute Gasteiger partial charge is 0.436 e. The van der Waals surface area contributed by atoms with Gasteiger partial charge in [0, 0.05) is 6.61 Å². The van der Waals surface area contributed by atoms with Crippen LogP contribution in [0.4, 0.5) is 0 Å². The summed E-state index contributed by atoms with van der Waals surface area (Å²) in [5.41, 5.74) is 0. The van der Waals surface area contributed by atoms with Crippen LogP contribution in [0.1, 0.15) is 20.8 Å². The number of rotatable bonds is 4. The minimum absolute atomic E-state index is 0.500. The first-order chi connectivity index (χ1) is 3.85. The fourth-order valence-electron chi connectivity index (χ4n) is 0.760. The molecular formula is C6H15BO. The van der Waals surface area contributed by atoms with Crippen LogP contribution in [0.15, 0.2) is 0 Å². The lowest BCUT2D eigenvalue weighted by Gasteiger charge is -2.05. The van der Waals surface area contributed by atoms with Gasteiger partial charge >= 0.3 is 0 Å². The van der Waals surface area contributed by atoms with E-state index < -0.39 is 0 Å². The molecule has 0 aromatic heterocycles. The van der Waals surface area contributed by atoms with Crippen molar-refractivity contribution >= 4 is 6.92 Å². The van der Waals surface area contributed by atoms with Gasteiger partial charge in [0.2, 0.25) is 0 Å². The van der Waals surface area contributed by atoms with E-state index in [9.17, 15) is 0 Å². The van der Waals surface area contributed by atoms with Gasteiger partial charge in [0.15, 0.2) is 0 Å². The Bertz CT molecular complexity index is 43.8. The summed E-state index contributed by atoms with van der Waals surface area (Å²) in [7, 11) is 0. The van der Waals surface area contributed by atoms with Crippen LogP contribution in [-0.2, 0) is 4.65 Å². The lowest BCUT2D eigenvalue weighted by molar-refractivity contribution is 0.343.